The van der Waals surface area contributed by atoms with Crippen molar-refractivity contribution < 1.29 is 9.50 Å². The molecule has 2 aliphatic rings. The Morgan fingerprint density at radius 1 is 1.44 bits per heavy atom. The summed E-state index contributed by atoms with van der Waals surface area (Å²) in [5, 5.41) is 10.6. The van der Waals surface area contributed by atoms with E-state index in [9.17, 15) is 9.50 Å². The molecule has 1 aromatic rings. The molecule has 0 amide bonds. The van der Waals surface area contributed by atoms with Gasteiger partial charge in [0.25, 0.3) is 0 Å². The van der Waals surface area contributed by atoms with Crippen molar-refractivity contribution in [3.63, 3.8) is 0 Å². The fourth-order valence-electron chi connectivity index (χ4n) is 2.82. The summed E-state index contributed by atoms with van der Waals surface area (Å²) in [5.41, 5.74) is -0.158. The number of benzene rings is 1. The Balaban J connectivity index is 1.73. The molecule has 1 unspecified atom stereocenters. The Bertz CT molecular complexity index is 463. The van der Waals surface area contributed by atoms with Gasteiger partial charge in [-0.2, -0.15) is 0 Å². The van der Waals surface area contributed by atoms with E-state index >= 15 is 0 Å². The second-order valence-corrected chi connectivity index (χ2v) is 6.50. The van der Waals surface area contributed by atoms with Gasteiger partial charge in [-0.3, -0.25) is 4.90 Å². The van der Waals surface area contributed by atoms with Crippen molar-refractivity contribution in [1.29, 1.82) is 0 Å². The first-order valence-corrected chi connectivity index (χ1v) is 7.25. The first-order chi connectivity index (χ1) is 8.56. The molecule has 18 heavy (non-hydrogen) atoms. The summed E-state index contributed by atoms with van der Waals surface area (Å²) < 4.78 is 14.6. The summed E-state index contributed by atoms with van der Waals surface area (Å²) in [5.74, 6) is -0.225. The summed E-state index contributed by atoms with van der Waals surface area (Å²) >= 11 is 3.35. The molecule has 4 heteroatoms. The van der Waals surface area contributed by atoms with Crippen LogP contribution in [0.1, 0.15) is 24.8 Å². The van der Waals surface area contributed by atoms with Crippen LogP contribution >= 0.6 is 15.9 Å². The van der Waals surface area contributed by atoms with Gasteiger partial charge in [0.05, 0.1) is 5.60 Å². The van der Waals surface area contributed by atoms with E-state index in [1.54, 1.807) is 12.1 Å². The lowest BCUT2D eigenvalue weighted by Gasteiger charge is -2.24. The van der Waals surface area contributed by atoms with Crippen LogP contribution in [0, 0.1) is 5.82 Å². The molecule has 1 aromatic carbocycles. The molecule has 0 radical (unpaired) electrons. The fourth-order valence-corrected chi connectivity index (χ4v) is 3.23. The molecule has 1 aliphatic heterocycles. The minimum Gasteiger partial charge on any atom is -0.388 e. The SMILES string of the molecule is OC1(Cc2cc(Br)ccc2F)CCN(C2CC2)C1. The highest BCUT2D eigenvalue weighted by Crippen LogP contribution is 2.35. The number of β-amino-alcohol motifs (C(OH)–C–C–N with tert-alkyl or cyclic N) is 1. The standard InChI is InChI=1S/C14H17BrFNO/c15-11-1-4-13(16)10(7-11)8-14(18)5-6-17(9-14)12-2-3-12/h1,4,7,12,18H,2-3,5-6,8-9H2. The highest BCUT2D eigenvalue weighted by atomic mass is 79.9. The van der Waals surface area contributed by atoms with Gasteiger partial charge in [-0.05, 0) is 43.0 Å². The van der Waals surface area contributed by atoms with Gasteiger partial charge in [-0.1, -0.05) is 15.9 Å². The number of halogens is 2. The van der Waals surface area contributed by atoms with E-state index in [2.05, 4.69) is 20.8 Å². The monoisotopic (exact) mass is 313 g/mol. The molecule has 1 atom stereocenters. The second-order valence-electron chi connectivity index (χ2n) is 5.59. The first-order valence-electron chi connectivity index (χ1n) is 6.46. The predicted molar refractivity (Wildman–Crippen MR) is 72.0 cm³/mol. The topological polar surface area (TPSA) is 23.5 Å². The Morgan fingerprint density at radius 2 is 2.22 bits per heavy atom. The van der Waals surface area contributed by atoms with Gasteiger partial charge in [0, 0.05) is 30.0 Å². The molecular weight excluding hydrogens is 297 g/mol. The molecule has 2 nitrogen and oxygen atoms in total. The van der Waals surface area contributed by atoms with Crippen molar-refractivity contribution in [1.82, 2.24) is 4.90 Å². The van der Waals surface area contributed by atoms with E-state index in [0.717, 1.165) is 17.4 Å². The Kier molecular flexibility index (Phi) is 3.20. The zero-order valence-corrected chi connectivity index (χ0v) is 11.8. The van der Waals surface area contributed by atoms with Crippen LogP contribution in [0.3, 0.4) is 0 Å². The molecule has 1 aliphatic carbocycles. The van der Waals surface area contributed by atoms with Gasteiger partial charge >= 0.3 is 0 Å². The molecule has 0 spiro atoms. The fraction of sp³-hybridized carbons (Fsp3) is 0.571. The van der Waals surface area contributed by atoms with Crippen LogP contribution in [-0.4, -0.2) is 34.7 Å². The Hall–Kier alpha value is -0.450. The maximum absolute atomic E-state index is 13.7. The third-order valence-electron chi connectivity index (χ3n) is 3.95. The molecule has 0 aromatic heterocycles. The zero-order valence-electron chi connectivity index (χ0n) is 10.2. The lowest BCUT2D eigenvalue weighted by atomic mass is 9.93. The second kappa shape index (κ2) is 4.58. The molecule has 98 valence electrons. The summed E-state index contributed by atoms with van der Waals surface area (Å²) in [7, 11) is 0. The van der Waals surface area contributed by atoms with Crippen LogP contribution in [0.2, 0.25) is 0 Å². The average Bonchev–Trinajstić information content (AvgIpc) is 3.09. The van der Waals surface area contributed by atoms with E-state index in [-0.39, 0.29) is 5.82 Å². The summed E-state index contributed by atoms with van der Waals surface area (Å²) in [6.45, 7) is 1.63. The minimum atomic E-state index is -0.760. The number of likely N-dealkylation sites (tertiary alicyclic amines) is 1. The lowest BCUT2D eigenvalue weighted by molar-refractivity contribution is 0.0479. The van der Waals surface area contributed by atoms with Gasteiger partial charge < -0.3 is 5.11 Å². The van der Waals surface area contributed by atoms with E-state index in [0.29, 0.717) is 24.6 Å². The molecule has 1 heterocycles. The van der Waals surface area contributed by atoms with Crippen LogP contribution in [0.4, 0.5) is 4.39 Å². The van der Waals surface area contributed by atoms with Crippen molar-refractivity contribution >= 4 is 15.9 Å². The third-order valence-corrected chi connectivity index (χ3v) is 4.45. The highest BCUT2D eigenvalue weighted by Gasteiger charge is 2.42. The van der Waals surface area contributed by atoms with Gasteiger partial charge in [-0.25, -0.2) is 4.39 Å². The van der Waals surface area contributed by atoms with E-state index in [4.69, 9.17) is 0 Å². The summed E-state index contributed by atoms with van der Waals surface area (Å²) in [4.78, 5) is 2.34. The average molecular weight is 314 g/mol. The van der Waals surface area contributed by atoms with Crippen molar-refractivity contribution in [2.24, 2.45) is 0 Å². The van der Waals surface area contributed by atoms with Crippen LogP contribution in [0.15, 0.2) is 22.7 Å². The van der Waals surface area contributed by atoms with Gasteiger partial charge in [0.2, 0.25) is 0 Å². The van der Waals surface area contributed by atoms with Gasteiger partial charge in [-0.15, -0.1) is 0 Å². The summed E-state index contributed by atoms with van der Waals surface area (Å²) in [6, 6.07) is 5.59. The van der Waals surface area contributed by atoms with Gasteiger partial charge in [0.1, 0.15) is 5.82 Å². The highest BCUT2D eigenvalue weighted by molar-refractivity contribution is 9.10. The Labute approximate surface area is 115 Å². The Morgan fingerprint density at radius 3 is 2.94 bits per heavy atom. The number of hydrogen-bond donors (Lipinski definition) is 1. The maximum atomic E-state index is 13.7. The summed E-state index contributed by atoms with van der Waals surface area (Å²) in [6.07, 6.45) is 3.65. The van der Waals surface area contributed by atoms with E-state index in [1.165, 1.54) is 18.9 Å². The van der Waals surface area contributed by atoms with E-state index in [1.807, 2.05) is 0 Å². The smallest absolute Gasteiger partial charge is 0.126 e. The van der Waals surface area contributed by atoms with Crippen molar-refractivity contribution in [3.05, 3.63) is 34.1 Å². The molecule has 3 rings (SSSR count). The molecular formula is C14H17BrFNO. The van der Waals surface area contributed by atoms with E-state index < -0.39 is 5.60 Å². The molecule has 2 fully saturated rings. The quantitative estimate of drug-likeness (QED) is 0.927. The van der Waals surface area contributed by atoms with Crippen molar-refractivity contribution in [2.75, 3.05) is 13.1 Å². The molecule has 0 bridgehead atoms. The molecule has 1 saturated heterocycles. The lowest BCUT2D eigenvalue weighted by Crippen LogP contribution is -2.36. The molecule has 1 saturated carbocycles. The number of rotatable bonds is 3. The van der Waals surface area contributed by atoms with Gasteiger partial charge in [0.15, 0.2) is 0 Å². The predicted octanol–water partition coefficient (Wildman–Crippen LogP) is 2.73. The van der Waals surface area contributed by atoms with Crippen LogP contribution in [0.5, 0.6) is 0 Å². The number of nitrogens with zero attached hydrogens (tertiary/aromatic N) is 1. The largest absolute Gasteiger partial charge is 0.388 e. The first kappa shape index (κ1) is 12.6. The zero-order chi connectivity index (χ0) is 12.8. The van der Waals surface area contributed by atoms with Crippen LogP contribution in [-0.2, 0) is 6.42 Å². The van der Waals surface area contributed by atoms with Crippen molar-refractivity contribution in [2.45, 2.75) is 37.3 Å². The normalized spacial score (nSPS) is 28.8. The number of hydrogen-bond acceptors (Lipinski definition) is 2. The minimum absolute atomic E-state index is 0.225. The van der Waals surface area contributed by atoms with Crippen LogP contribution < -0.4 is 0 Å². The third kappa shape index (κ3) is 2.60. The van der Waals surface area contributed by atoms with Crippen LogP contribution in [0.25, 0.3) is 0 Å². The van der Waals surface area contributed by atoms with Crippen molar-refractivity contribution in [3.8, 4) is 0 Å². The number of aliphatic hydroxyl groups is 1. The molecule has 1 N–H and O–H groups in total. The maximum Gasteiger partial charge on any atom is 0.126 e.